The van der Waals surface area contributed by atoms with Gasteiger partial charge in [-0.2, -0.15) is 0 Å². The first-order valence-corrected chi connectivity index (χ1v) is 15.9. The van der Waals surface area contributed by atoms with Crippen LogP contribution in [0, 0.1) is 5.82 Å². The predicted molar refractivity (Wildman–Crippen MR) is 181 cm³/mol. The number of aromatic nitrogens is 4. The number of fused-ring (bicyclic) bond motifs is 1. The molecule has 5 heterocycles. The Bertz CT molecular complexity index is 1940. The molecule has 49 heavy (non-hydrogen) atoms. The third-order valence-corrected chi connectivity index (χ3v) is 8.16. The predicted octanol–water partition coefficient (Wildman–Crippen LogP) is 7.26. The summed E-state index contributed by atoms with van der Waals surface area (Å²) < 4.78 is 46.1. The SMILES string of the molecule is CC(C)(C)OC(=O)N1CCN(c2ccnc3c(-c4ccccn4)c(-c4ccnc(NC(=O)[C@H](CC(F)F)c5ccc(F)cc5)c4)[nH]c23)CC1. The number of amides is 2. The summed E-state index contributed by atoms with van der Waals surface area (Å²) in [6.45, 7) is 7.64. The molecule has 10 nitrogen and oxygen atoms in total. The van der Waals surface area contributed by atoms with Crippen LogP contribution in [0.15, 0.2) is 79.3 Å². The number of alkyl halides is 2. The van der Waals surface area contributed by atoms with E-state index in [1.165, 1.54) is 18.3 Å². The maximum Gasteiger partial charge on any atom is 0.410 e. The second kappa shape index (κ2) is 14.0. The first-order chi connectivity index (χ1) is 23.5. The van der Waals surface area contributed by atoms with Crippen LogP contribution in [0.4, 0.5) is 29.5 Å². The van der Waals surface area contributed by atoms with Crippen molar-refractivity contribution in [2.75, 3.05) is 36.4 Å². The molecule has 5 aromatic rings. The lowest BCUT2D eigenvalue weighted by Gasteiger charge is -2.36. The minimum absolute atomic E-state index is 0.154. The normalized spacial score (nSPS) is 14.3. The standard InChI is InChI=1S/C36H36F3N7O3/c1-36(2,3)49-35(48)46-18-16-45(17-19-46)27-12-15-42-33-30(26-6-4-5-13-40-26)31(44-32(27)33)23-11-14-41-29(20-23)43-34(47)25(21-28(38)39)22-7-9-24(37)10-8-22/h4-15,20,25,28,44H,16-19,21H2,1-3H3,(H,41,43,47)/t25-/m1/s1. The molecule has 0 bridgehead atoms. The van der Waals surface area contributed by atoms with Gasteiger partial charge in [-0.25, -0.2) is 22.9 Å². The Morgan fingerprint density at radius 2 is 1.67 bits per heavy atom. The van der Waals surface area contributed by atoms with E-state index in [2.05, 4.69) is 25.2 Å². The summed E-state index contributed by atoms with van der Waals surface area (Å²) >= 11 is 0. The molecule has 1 aliphatic heterocycles. The Balaban J connectivity index is 1.33. The van der Waals surface area contributed by atoms with Crippen LogP contribution in [0.1, 0.15) is 38.7 Å². The van der Waals surface area contributed by atoms with Crippen LogP contribution >= 0.6 is 0 Å². The summed E-state index contributed by atoms with van der Waals surface area (Å²) in [5, 5.41) is 2.68. The van der Waals surface area contributed by atoms with E-state index in [0.717, 1.165) is 28.9 Å². The Morgan fingerprint density at radius 1 is 0.939 bits per heavy atom. The molecule has 0 unspecified atom stereocenters. The average molecular weight is 672 g/mol. The second-order valence-electron chi connectivity index (χ2n) is 12.7. The molecule has 254 valence electrons. The molecule has 0 radical (unpaired) electrons. The number of ether oxygens (including phenoxy) is 1. The number of H-pyrrole nitrogens is 1. The van der Waals surface area contributed by atoms with Crippen molar-refractivity contribution in [3.05, 3.63) is 90.6 Å². The van der Waals surface area contributed by atoms with Gasteiger partial charge in [0.15, 0.2) is 0 Å². The van der Waals surface area contributed by atoms with Gasteiger partial charge < -0.3 is 24.8 Å². The van der Waals surface area contributed by atoms with E-state index in [4.69, 9.17) is 9.72 Å². The summed E-state index contributed by atoms with van der Waals surface area (Å²) in [4.78, 5) is 47.1. The number of aromatic amines is 1. The van der Waals surface area contributed by atoms with Gasteiger partial charge in [0.05, 0.1) is 34.1 Å². The van der Waals surface area contributed by atoms with Crippen molar-refractivity contribution in [3.63, 3.8) is 0 Å². The van der Waals surface area contributed by atoms with E-state index >= 15 is 0 Å². The topological polar surface area (TPSA) is 116 Å². The highest BCUT2D eigenvalue weighted by molar-refractivity contribution is 6.05. The number of anilines is 2. The monoisotopic (exact) mass is 671 g/mol. The third kappa shape index (κ3) is 7.66. The Labute approximate surface area is 281 Å². The van der Waals surface area contributed by atoms with E-state index < -0.39 is 36.1 Å². The number of pyridine rings is 3. The average Bonchev–Trinajstić information content (AvgIpc) is 3.47. The molecule has 6 rings (SSSR count). The molecule has 2 amide bonds. The summed E-state index contributed by atoms with van der Waals surface area (Å²) in [5.41, 5.74) is 4.74. The van der Waals surface area contributed by atoms with Crippen LogP contribution in [0.25, 0.3) is 33.5 Å². The van der Waals surface area contributed by atoms with Crippen molar-refractivity contribution in [2.45, 2.75) is 45.1 Å². The van der Waals surface area contributed by atoms with Crippen LogP contribution < -0.4 is 10.2 Å². The van der Waals surface area contributed by atoms with Gasteiger partial charge in [0.25, 0.3) is 0 Å². The number of nitrogens with one attached hydrogen (secondary N) is 2. The molecule has 1 aliphatic rings. The molecule has 0 spiro atoms. The summed E-state index contributed by atoms with van der Waals surface area (Å²) in [6.07, 6.45) is 1.11. The maximum atomic E-state index is 13.5. The van der Waals surface area contributed by atoms with Crippen LogP contribution in [0.2, 0.25) is 0 Å². The molecule has 1 atom stereocenters. The lowest BCUT2D eigenvalue weighted by molar-refractivity contribution is -0.118. The Hall–Kier alpha value is -5.46. The van der Waals surface area contributed by atoms with Crippen molar-refractivity contribution in [3.8, 4) is 22.5 Å². The van der Waals surface area contributed by atoms with E-state index in [1.807, 2.05) is 45.0 Å². The van der Waals surface area contributed by atoms with Crippen molar-refractivity contribution in [2.24, 2.45) is 0 Å². The number of carbonyl (C=O) groups is 2. The summed E-state index contributed by atoms with van der Waals surface area (Å²) in [5.74, 6) is -2.28. The van der Waals surface area contributed by atoms with Gasteiger partial charge in [-0.15, -0.1) is 0 Å². The van der Waals surface area contributed by atoms with E-state index in [1.54, 1.807) is 29.4 Å². The second-order valence-corrected chi connectivity index (χ2v) is 12.7. The molecular weight excluding hydrogens is 635 g/mol. The molecule has 13 heteroatoms. The van der Waals surface area contributed by atoms with Gasteiger partial charge in [0.1, 0.15) is 22.8 Å². The fraction of sp³-hybridized carbons (Fsp3) is 0.306. The van der Waals surface area contributed by atoms with Crippen LogP contribution in [-0.2, 0) is 9.53 Å². The zero-order valence-electron chi connectivity index (χ0n) is 27.3. The van der Waals surface area contributed by atoms with Crippen molar-refractivity contribution in [1.29, 1.82) is 0 Å². The fourth-order valence-corrected chi connectivity index (χ4v) is 5.90. The highest BCUT2D eigenvalue weighted by atomic mass is 19.3. The maximum absolute atomic E-state index is 13.5. The molecule has 1 aromatic carbocycles. The molecule has 0 aliphatic carbocycles. The molecule has 0 saturated carbocycles. The van der Waals surface area contributed by atoms with E-state index in [-0.39, 0.29) is 17.5 Å². The summed E-state index contributed by atoms with van der Waals surface area (Å²) in [6, 6.07) is 15.8. The van der Waals surface area contributed by atoms with Crippen LogP contribution in [0.3, 0.4) is 0 Å². The first-order valence-electron chi connectivity index (χ1n) is 15.9. The van der Waals surface area contributed by atoms with Gasteiger partial charge in [-0.3, -0.25) is 14.8 Å². The van der Waals surface area contributed by atoms with Crippen LogP contribution in [-0.4, -0.2) is 75.0 Å². The lowest BCUT2D eigenvalue weighted by Crippen LogP contribution is -2.50. The smallest absolute Gasteiger partial charge is 0.410 e. The number of halogens is 3. The van der Waals surface area contributed by atoms with Gasteiger partial charge >= 0.3 is 6.09 Å². The molecule has 4 aromatic heterocycles. The summed E-state index contributed by atoms with van der Waals surface area (Å²) in [7, 11) is 0. The minimum Gasteiger partial charge on any atom is -0.444 e. The highest BCUT2D eigenvalue weighted by Crippen LogP contribution is 2.40. The molecule has 1 saturated heterocycles. The van der Waals surface area contributed by atoms with Crippen molar-refractivity contribution in [1.82, 2.24) is 24.8 Å². The fourth-order valence-electron chi connectivity index (χ4n) is 5.90. The largest absolute Gasteiger partial charge is 0.444 e. The lowest BCUT2D eigenvalue weighted by atomic mass is 9.95. The number of hydrogen-bond acceptors (Lipinski definition) is 7. The molecular formula is C36H36F3N7O3. The molecule has 2 N–H and O–H groups in total. The van der Waals surface area contributed by atoms with Crippen molar-refractivity contribution < 1.29 is 27.5 Å². The highest BCUT2D eigenvalue weighted by Gasteiger charge is 2.29. The zero-order valence-corrected chi connectivity index (χ0v) is 27.3. The van der Waals surface area contributed by atoms with E-state index in [9.17, 15) is 22.8 Å². The van der Waals surface area contributed by atoms with E-state index in [0.29, 0.717) is 48.6 Å². The number of rotatable bonds is 8. The quantitative estimate of drug-likeness (QED) is 0.178. The third-order valence-electron chi connectivity index (χ3n) is 8.16. The Kier molecular flexibility index (Phi) is 9.52. The number of carbonyl (C=O) groups excluding carboxylic acids is 2. The van der Waals surface area contributed by atoms with Crippen molar-refractivity contribution >= 4 is 34.5 Å². The van der Waals surface area contributed by atoms with Gasteiger partial charge in [-0.05, 0) is 68.8 Å². The number of nitrogens with zero attached hydrogens (tertiary/aromatic N) is 5. The number of hydrogen-bond donors (Lipinski definition) is 2. The van der Waals surface area contributed by atoms with Gasteiger partial charge in [0, 0.05) is 56.8 Å². The first kappa shape index (κ1) is 33.4. The van der Waals surface area contributed by atoms with Gasteiger partial charge in [0.2, 0.25) is 12.3 Å². The number of piperazine rings is 1. The zero-order chi connectivity index (χ0) is 34.7. The molecule has 1 fully saturated rings. The minimum atomic E-state index is -2.76. The number of benzene rings is 1. The Morgan fingerprint density at radius 3 is 2.35 bits per heavy atom. The van der Waals surface area contributed by atoms with Gasteiger partial charge in [-0.1, -0.05) is 18.2 Å². The van der Waals surface area contributed by atoms with Crippen LogP contribution in [0.5, 0.6) is 0 Å².